The first-order valence-electron chi connectivity index (χ1n) is 6.22. The first kappa shape index (κ1) is 14.5. The van der Waals surface area contributed by atoms with Crippen LogP contribution in [0.4, 0.5) is 5.69 Å². The lowest BCUT2D eigenvalue weighted by Crippen LogP contribution is -2.27. The largest absolute Gasteiger partial charge is 0.399 e. The van der Waals surface area contributed by atoms with Crippen molar-refractivity contribution >= 4 is 15.7 Å². The third-order valence-corrected chi connectivity index (χ3v) is 4.67. The summed E-state index contributed by atoms with van der Waals surface area (Å²) in [6.07, 6.45) is 4.04. The number of rotatable bonds is 5. The molecule has 0 spiro atoms. The molecule has 0 aliphatic heterocycles. The SMILES string of the molecule is Cc1ccc(N)cc1S(=O)(=O)NCCc1nccn1C. The molecule has 0 radical (unpaired) electrons. The molecule has 20 heavy (non-hydrogen) atoms. The summed E-state index contributed by atoms with van der Waals surface area (Å²) in [7, 11) is -1.67. The van der Waals surface area contributed by atoms with Crippen LogP contribution in [0, 0.1) is 6.92 Å². The fraction of sp³-hybridized carbons (Fsp3) is 0.308. The zero-order valence-corrected chi connectivity index (χ0v) is 12.3. The minimum absolute atomic E-state index is 0.220. The third-order valence-electron chi connectivity index (χ3n) is 3.06. The molecular weight excluding hydrogens is 276 g/mol. The highest BCUT2D eigenvalue weighted by atomic mass is 32.2. The Morgan fingerprint density at radius 3 is 2.80 bits per heavy atom. The first-order valence-corrected chi connectivity index (χ1v) is 7.70. The molecular formula is C13H18N4O2S. The number of benzene rings is 1. The molecule has 0 bridgehead atoms. The van der Waals surface area contributed by atoms with Crippen LogP contribution in [0.5, 0.6) is 0 Å². The number of nitrogens with zero attached hydrogens (tertiary/aromatic N) is 2. The topological polar surface area (TPSA) is 90.0 Å². The molecule has 3 N–H and O–H groups in total. The Balaban J connectivity index is 2.08. The maximum atomic E-state index is 12.2. The molecule has 0 saturated heterocycles. The normalized spacial score (nSPS) is 11.7. The van der Waals surface area contributed by atoms with Crippen molar-refractivity contribution in [3.8, 4) is 0 Å². The van der Waals surface area contributed by atoms with Crippen LogP contribution in [0.3, 0.4) is 0 Å². The van der Waals surface area contributed by atoms with Gasteiger partial charge < -0.3 is 10.3 Å². The van der Waals surface area contributed by atoms with Gasteiger partial charge in [-0.1, -0.05) is 6.07 Å². The first-order chi connectivity index (χ1) is 9.40. The van der Waals surface area contributed by atoms with Gasteiger partial charge in [0.25, 0.3) is 0 Å². The van der Waals surface area contributed by atoms with Crippen molar-refractivity contribution in [2.24, 2.45) is 7.05 Å². The number of nitrogen functional groups attached to an aromatic ring is 1. The molecule has 0 unspecified atom stereocenters. The molecule has 0 atom stereocenters. The highest BCUT2D eigenvalue weighted by Crippen LogP contribution is 2.17. The van der Waals surface area contributed by atoms with Gasteiger partial charge in [0.15, 0.2) is 0 Å². The fourth-order valence-electron chi connectivity index (χ4n) is 1.92. The number of hydrogen-bond acceptors (Lipinski definition) is 4. The Labute approximate surface area is 118 Å². The van der Waals surface area contributed by atoms with Crippen LogP contribution < -0.4 is 10.5 Å². The average Bonchev–Trinajstić information content (AvgIpc) is 2.78. The van der Waals surface area contributed by atoms with Crippen LogP contribution in [-0.2, 0) is 23.5 Å². The summed E-state index contributed by atoms with van der Waals surface area (Å²) >= 11 is 0. The van der Waals surface area contributed by atoms with Gasteiger partial charge in [-0.3, -0.25) is 0 Å². The molecule has 0 aliphatic rings. The molecule has 0 amide bonds. The average molecular weight is 294 g/mol. The Morgan fingerprint density at radius 1 is 1.40 bits per heavy atom. The second-order valence-corrected chi connectivity index (χ2v) is 6.36. The Hall–Kier alpha value is -1.86. The molecule has 1 aromatic carbocycles. The second-order valence-electron chi connectivity index (χ2n) is 4.63. The minimum Gasteiger partial charge on any atom is -0.399 e. The molecule has 0 saturated carbocycles. The van der Waals surface area contributed by atoms with Crippen molar-refractivity contribution in [1.82, 2.24) is 14.3 Å². The number of aromatic nitrogens is 2. The van der Waals surface area contributed by atoms with E-state index < -0.39 is 10.0 Å². The van der Waals surface area contributed by atoms with Crippen molar-refractivity contribution < 1.29 is 8.42 Å². The van der Waals surface area contributed by atoms with Gasteiger partial charge in [-0.05, 0) is 24.6 Å². The molecule has 0 fully saturated rings. The predicted octanol–water partition coefficient (Wildman–Crippen LogP) is 0.832. The van der Waals surface area contributed by atoms with Gasteiger partial charge in [0.1, 0.15) is 5.82 Å². The van der Waals surface area contributed by atoms with Gasteiger partial charge in [-0.15, -0.1) is 0 Å². The van der Waals surface area contributed by atoms with Gasteiger partial charge in [0.2, 0.25) is 10.0 Å². The van der Waals surface area contributed by atoms with Crippen LogP contribution in [0.15, 0.2) is 35.5 Å². The van der Waals surface area contributed by atoms with Crippen LogP contribution >= 0.6 is 0 Å². The number of imidazole rings is 1. The molecule has 108 valence electrons. The third kappa shape index (κ3) is 3.17. The number of sulfonamides is 1. The number of aryl methyl sites for hydroxylation is 2. The van der Waals surface area contributed by atoms with Gasteiger partial charge in [0, 0.05) is 38.1 Å². The Bertz CT molecular complexity index is 707. The van der Waals surface area contributed by atoms with Crippen molar-refractivity contribution in [2.45, 2.75) is 18.2 Å². The summed E-state index contributed by atoms with van der Waals surface area (Å²) in [5.41, 5.74) is 6.75. The molecule has 6 nitrogen and oxygen atoms in total. The fourth-order valence-corrected chi connectivity index (χ4v) is 3.23. The van der Waals surface area contributed by atoms with E-state index in [0.717, 1.165) is 5.82 Å². The quantitative estimate of drug-likeness (QED) is 0.799. The molecule has 0 aliphatic carbocycles. The van der Waals surface area contributed by atoms with E-state index in [0.29, 0.717) is 24.2 Å². The lowest BCUT2D eigenvalue weighted by molar-refractivity contribution is 0.579. The minimum atomic E-state index is -3.55. The summed E-state index contributed by atoms with van der Waals surface area (Å²) in [4.78, 5) is 4.37. The van der Waals surface area contributed by atoms with Crippen molar-refractivity contribution in [2.75, 3.05) is 12.3 Å². The van der Waals surface area contributed by atoms with Crippen LogP contribution in [0.25, 0.3) is 0 Å². The maximum Gasteiger partial charge on any atom is 0.240 e. The van der Waals surface area contributed by atoms with E-state index in [1.807, 2.05) is 17.8 Å². The van der Waals surface area contributed by atoms with Crippen LogP contribution in [0.2, 0.25) is 0 Å². The summed E-state index contributed by atoms with van der Waals surface area (Å²) < 4.78 is 28.9. The molecule has 2 aromatic rings. The van der Waals surface area contributed by atoms with Gasteiger partial charge in [-0.2, -0.15) is 0 Å². The summed E-state index contributed by atoms with van der Waals surface area (Å²) in [6, 6.07) is 4.85. The van der Waals surface area contributed by atoms with Crippen LogP contribution in [0.1, 0.15) is 11.4 Å². The molecule has 1 heterocycles. The standard InChI is InChI=1S/C13H18N4O2S/c1-10-3-4-11(14)9-12(10)20(18,19)16-6-5-13-15-7-8-17(13)2/h3-4,7-9,16H,5-6,14H2,1-2H3. The predicted molar refractivity (Wildman–Crippen MR) is 77.7 cm³/mol. The van der Waals surface area contributed by atoms with E-state index in [2.05, 4.69) is 9.71 Å². The maximum absolute atomic E-state index is 12.2. The lowest BCUT2D eigenvalue weighted by Gasteiger charge is -2.10. The van der Waals surface area contributed by atoms with Gasteiger partial charge in [0.05, 0.1) is 4.90 Å². The van der Waals surface area contributed by atoms with E-state index in [-0.39, 0.29) is 4.90 Å². The number of hydrogen-bond donors (Lipinski definition) is 2. The lowest BCUT2D eigenvalue weighted by atomic mass is 10.2. The number of anilines is 1. The van der Waals surface area contributed by atoms with Crippen LogP contribution in [-0.4, -0.2) is 24.5 Å². The van der Waals surface area contributed by atoms with Crippen molar-refractivity contribution in [3.05, 3.63) is 42.0 Å². The zero-order chi connectivity index (χ0) is 14.8. The monoisotopic (exact) mass is 294 g/mol. The second kappa shape index (κ2) is 5.64. The van der Waals surface area contributed by atoms with Crippen molar-refractivity contribution in [3.63, 3.8) is 0 Å². The molecule has 2 rings (SSSR count). The molecule has 7 heteroatoms. The smallest absolute Gasteiger partial charge is 0.240 e. The highest BCUT2D eigenvalue weighted by molar-refractivity contribution is 7.89. The van der Waals surface area contributed by atoms with Gasteiger partial charge in [-0.25, -0.2) is 18.1 Å². The van der Waals surface area contributed by atoms with E-state index in [9.17, 15) is 8.42 Å². The van der Waals surface area contributed by atoms with E-state index in [4.69, 9.17) is 5.73 Å². The molecule has 1 aromatic heterocycles. The van der Waals surface area contributed by atoms with E-state index >= 15 is 0 Å². The summed E-state index contributed by atoms with van der Waals surface area (Å²) in [6.45, 7) is 2.04. The van der Waals surface area contributed by atoms with Crippen molar-refractivity contribution in [1.29, 1.82) is 0 Å². The zero-order valence-electron chi connectivity index (χ0n) is 11.5. The van der Waals surface area contributed by atoms with E-state index in [1.165, 1.54) is 6.07 Å². The van der Waals surface area contributed by atoms with E-state index in [1.54, 1.807) is 25.3 Å². The highest BCUT2D eigenvalue weighted by Gasteiger charge is 2.16. The number of nitrogens with two attached hydrogens (primary N) is 1. The summed E-state index contributed by atoms with van der Waals surface area (Å²) in [5, 5.41) is 0. The Morgan fingerprint density at radius 2 is 2.15 bits per heavy atom. The van der Waals surface area contributed by atoms with Gasteiger partial charge >= 0.3 is 0 Å². The number of nitrogens with one attached hydrogen (secondary N) is 1. The summed E-state index contributed by atoms with van der Waals surface area (Å²) in [5.74, 6) is 0.831. The Kier molecular flexibility index (Phi) is 4.10.